The zero-order chi connectivity index (χ0) is 23.2. The molecule has 0 saturated carbocycles. The largest absolute Gasteiger partial charge is 0.367 e. The normalized spacial score (nSPS) is 14.2. The van der Waals surface area contributed by atoms with Gasteiger partial charge in [-0.1, -0.05) is 48.5 Å². The lowest BCUT2D eigenvalue weighted by Crippen LogP contribution is -2.49. The van der Waals surface area contributed by atoms with E-state index in [2.05, 4.69) is 22.3 Å². The number of piperazine rings is 1. The van der Waals surface area contributed by atoms with Gasteiger partial charge in [-0.05, 0) is 48.7 Å². The molecule has 5 nitrogen and oxygen atoms in total. The summed E-state index contributed by atoms with van der Waals surface area (Å²) in [7, 11) is 0. The summed E-state index contributed by atoms with van der Waals surface area (Å²) in [6.07, 6.45) is 0.754. The minimum atomic E-state index is -0.385. The van der Waals surface area contributed by atoms with E-state index in [1.165, 1.54) is 18.6 Å². The van der Waals surface area contributed by atoms with E-state index in [1.54, 1.807) is 12.1 Å². The highest BCUT2D eigenvalue weighted by Crippen LogP contribution is 2.23. The van der Waals surface area contributed by atoms with Crippen LogP contribution < -0.4 is 10.2 Å². The third kappa shape index (κ3) is 5.84. The molecule has 1 fully saturated rings. The first kappa shape index (κ1) is 22.7. The number of halogens is 1. The zero-order valence-corrected chi connectivity index (χ0v) is 18.8. The molecule has 0 radical (unpaired) electrons. The maximum absolute atomic E-state index is 14.5. The Morgan fingerprint density at radius 1 is 0.909 bits per heavy atom. The average Bonchev–Trinajstić information content (AvgIpc) is 2.81. The van der Waals surface area contributed by atoms with Gasteiger partial charge in [0.15, 0.2) is 5.78 Å². The molecule has 0 unspecified atom stereocenters. The molecule has 170 valence electrons. The Bertz CT molecular complexity index is 1130. The average molecular weight is 446 g/mol. The van der Waals surface area contributed by atoms with Crippen LogP contribution >= 0.6 is 0 Å². The number of carbonyl (C=O) groups is 2. The molecular formula is C27H28FN3O2. The molecule has 4 rings (SSSR count). The van der Waals surface area contributed by atoms with Crippen molar-refractivity contribution >= 4 is 23.1 Å². The van der Waals surface area contributed by atoms with Crippen LogP contribution in [0.5, 0.6) is 0 Å². The summed E-state index contributed by atoms with van der Waals surface area (Å²) in [6.45, 7) is 4.28. The van der Waals surface area contributed by atoms with E-state index in [1.807, 2.05) is 47.4 Å². The molecule has 1 aliphatic rings. The maximum atomic E-state index is 14.5. The number of nitrogens with one attached hydrogen (secondary N) is 1. The second-order valence-corrected chi connectivity index (χ2v) is 8.35. The molecule has 0 bridgehead atoms. The SMILES string of the molecule is CC(=O)c1ccc(N2CCN(CC(=O)Nc3ccccc3Cc3ccccc3)CC2)c(F)c1. The lowest BCUT2D eigenvalue weighted by atomic mass is 10.0. The third-order valence-corrected chi connectivity index (χ3v) is 5.96. The number of carbonyl (C=O) groups excluding carboxylic acids is 2. The van der Waals surface area contributed by atoms with Gasteiger partial charge >= 0.3 is 0 Å². The summed E-state index contributed by atoms with van der Waals surface area (Å²) < 4.78 is 14.5. The van der Waals surface area contributed by atoms with Gasteiger partial charge in [0.1, 0.15) is 5.82 Å². The van der Waals surface area contributed by atoms with Crippen molar-refractivity contribution in [2.75, 3.05) is 42.9 Å². The third-order valence-electron chi connectivity index (χ3n) is 5.96. The lowest BCUT2D eigenvalue weighted by molar-refractivity contribution is -0.117. The highest BCUT2D eigenvalue weighted by Gasteiger charge is 2.22. The second kappa shape index (κ2) is 10.4. The van der Waals surface area contributed by atoms with Gasteiger partial charge in [0.2, 0.25) is 5.91 Å². The lowest BCUT2D eigenvalue weighted by Gasteiger charge is -2.35. The van der Waals surface area contributed by atoms with Gasteiger partial charge in [-0.3, -0.25) is 14.5 Å². The van der Waals surface area contributed by atoms with Crippen LogP contribution in [0, 0.1) is 5.82 Å². The molecule has 1 amide bonds. The highest BCUT2D eigenvalue weighted by molar-refractivity contribution is 5.94. The Labute approximate surface area is 193 Å². The van der Waals surface area contributed by atoms with E-state index >= 15 is 0 Å². The van der Waals surface area contributed by atoms with E-state index in [-0.39, 0.29) is 17.5 Å². The molecule has 0 atom stereocenters. The van der Waals surface area contributed by atoms with Gasteiger partial charge in [0.25, 0.3) is 0 Å². The number of ketones is 1. The van der Waals surface area contributed by atoms with Crippen molar-refractivity contribution in [1.29, 1.82) is 0 Å². The van der Waals surface area contributed by atoms with E-state index in [4.69, 9.17) is 0 Å². The fourth-order valence-electron chi connectivity index (χ4n) is 4.13. The number of rotatable bonds is 7. The summed E-state index contributed by atoms with van der Waals surface area (Å²) in [5, 5.41) is 3.06. The van der Waals surface area contributed by atoms with Crippen LogP contribution in [0.2, 0.25) is 0 Å². The minimum absolute atomic E-state index is 0.0547. The fraction of sp³-hybridized carbons (Fsp3) is 0.259. The number of nitrogens with zero attached hydrogens (tertiary/aromatic N) is 2. The molecule has 1 saturated heterocycles. The maximum Gasteiger partial charge on any atom is 0.238 e. The molecular weight excluding hydrogens is 417 g/mol. The van der Waals surface area contributed by atoms with Gasteiger partial charge in [-0.2, -0.15) is 0 Å². The Hall–Kier alpha value is -3.51. The second-order valence-electron chi connectivity index (χ2n) is 8.35. The van der Waals surface area contributed by atoms with Crippen molar-refractivity contribution in [2.24, 2.45) is 0 Å². The van der Waals surface area contributed by atoms with E-state index in [0.717, 1.165) is 17.7 Å². The molecule has 3 aromatic rings. The summed E-state index contributed by atoms with van der Waals surface area (Å²) >= 11 is 0. The standard InChI is InChI=1S/C27H28FN3O2/c1-20(32)22-11-12-26(24(28)18-22)31-15-13-30(14-16-31)19-27(33)29-25-10-6-5-9-23(25)17-21-7-3-2-4-8-21/h2-12,18H,13-17,19H2,1H3,(H,29,33). The number of para-hydroxylation sites is 1. The van der Waals surface area contributed by atoms with Crippen molar-refractivity contribution < 1.29 is 14.0 Å². The van der Waals surface area contributed by atoms with Crippen molar-refractivity contribution in [3.63, 3.8) is 0 Å². The smallest absolute Gasteiger partial charge is 0.238 e. The summed E-state index contributed by atoms with van der Waals surface area (Å²) in [6, 6.07) is 22.7. The number of amides is 1. The van der Waals surface area contributed by atoms with Crippen LogP contribution in [0.25, 0.3) is 0 Å². The van der Waals surface area contributed by atoms with E-state index in [0.29, 0.717) is 44.0 Å². The van der Waals surface area contributed by atoms with E-state index in [9.17, 15) is 14.0 Å². The number of benzene rings is 3. The predicted octanol–water partition coefficient (Wildman–Crippen LogP) is 4.38. The Morgan fingerprint density at radius 2 is 1.61 bits per heavy atom. The Balaban J connectivity index is 1.32. The number of anilines is 2. The first-order chi connectivity index (χ1) is 16.0. The van der Waals surface area contributed by atoms with Crippen LogP contribution in [-0.2, 0) is 11.2 Å². The first-order valence-electron chi connectivity index (χ1n) is 11.2. The number of hydrogen-bond acceptors (Lipinski definition) is 4. The number of Topliss-reactive ketones (excluding diaryl/α,β-unsaturated/α-hetero) is 1. The van der Waals surface area contributed by atoms with Crippen molar-refractivity contribution in [3.8, 4) is 0 Å². The molecule has 1 N–H and O–H groups in total. The summed E-state index contributed by atoms with van der Waals surface area (Å²) in [4.78, 5) is 28.2. The van der Waals surface area contributed by atoms with Crippen LogP contribution in [0.4, 0.5) is 15.8 Å². The van der Waals surface area contributed by atoms with Gasteiger partial charge in [-0.15, -0.1) is 0 Å². The molecule has 1 aliphatic heterocycles. The Morgan fingerprint density at radius 3 is 2.30 bits per heavy atom. The van der Waals surface area contributed by atoms with Crippen molar-refractivity contribution in [1.82, 2.24) is 4.90 Å². The molecule has 0 aromatic heterocycles. The molecule has 0 spiro atoms. The number of hydrogen-bond donors (Lipinski definition) is 1. The van der Waals surface area contributed by atoms with E-state index < -0.39 is 0 Å². The summed E-state index contributed by atoms with van der Waals surface area (Å²) in [5.41, 5.74) is 3.97. The van der Waals surface area contributed by atoms with Crippen LogP contribution in [0.15, 0.2) is 72.8 Å². The van der Waals surface area contributed by atoms with Gasteiger partial charge in [0.05, 0.1) is 12.2 Å². The predicted molar refractivity (Wildman–Crippen MR) is 129 cm³/mol. The first-order valence-corrected chi connectivity index (χ1v) is 11.2. The van der Waals surface area contributed by atoms with Crippen LogP contribution in [0.1, 0.15) is 28.4 Å². The molecule has 6 heteroatoms. The van der Waals surface area contributed by atoms with Gasteiger partial charge in [-0.25, -0.2) is 4.39 Å². The Kier molecular flexibility index (Phi) is 7.15. The molecule has 0 aliphatic carbocycles. The highest BCUT2D eigenvalue weighted by atomic mass is 19.1. The minimum Gasteiger partial charge on any atom is -0.367 e. The van der Waals surface area contributed by atoms with Gasteiger partial charge < -0.3 is 10.2 Å². The van der Waals surface area contributed by atoms with Crippen molar-refractivity contribution in [3.05, 3.63) is 95.3 Å². The topological polar surface area (TPSA) is 52.7 Å². The molecule has 33 heavy (non-hydrogen) atoms. The molecule has 1 heterocycles. The summed E-state index contributed by atoms with van der Waals surface area (Å²) in [5.74, 6) is -0.591. The van der Waals surface area contributed by atoms with Crippen LogP contribution in [-0.4, -0.2) is 49.3 Å². The van der Waals surface area contributed by atoms with Gasteiger partial charge in [0, 0.05) is 37.4 Å². The quantitative estimate of drug-likeness (QED) is 0.549. The monoisotopic (exact) mass is 445 g/mol. The van der Waals surface area contributed by atoms with Crippen LogP contribution in [0.3, 0.4) is 0 Å². The zero-order valence-electron chi connectivity index (χ0n) is 18.8. The fourth-order valence-corrected chi connectivity index (χ4v) is 4.13. The van der Waals surface area contributed by atoms with Crippen molar-refractivity contribution in [2.45, 2.75) is 13.3 Å². The molecule has 3 aromatic carbocycles.